The molecule has 0 radical (unpaired) electrons. The number of aromatic nitrogens is 2. The first-order valence-corrected chi connectivity index (χ1v) is 5.21. The lowest BCUT2D eigenvalue weighted by Gasteiger charge is -2.00. The number of hydrogen-bond donors (Lipinski definition) is 0. The minimum absolute atomic E-state index is 1.11. The van der Waals surface area contributed by atoms with Crippen molar-refractivity contribution in [3.05, 3.63) is 30.1 Å². The van der Waals surface area contributed by atoms with Gasteiger partial charge < -0.3 is 4.57 Å². The van der Waals surface area contributed by atoms with E-state index in [2.05, 4.69) is 34.7 Å². The van der Waals surface area contributed by atoms with Gasteiger partial charge in [-0.15, -0.1) is 0 Å². The average molecular weight is 188 g/mol. The molecule has 0 fully saturated rings. The standard InChI is InChI=1S/C12H16N2/c1-3-4-5-10-6-7-12-11(8-10)13-9-14(12)2/h6-9H,3-5H2,1-2H3. The largest absolute Gasteiger partial charge is 0.334 e. The summed E-state index contributed by atoms with van der Waals surface area (Å²) in [4.78, 5) is 4.35. The van der Waals surface area contributed by atoms with E-state index in [-0.39, 0.29) is 0 Å². The predicted octanol–water partition coefficient (Wildman–Crippen LogP) is 2.92. The van der Waals surface area contributed by atoms with Crippen LogP contribution in [0.2, 0.25) is 0 Å². The van der Waals surface area contributed by atoms with Crippen molar-refractivity contribution < 1.29 is 0 Å². The molecule has 74 valence electrons. The molecule has 0 aliphatic rings. The first-order valence-electron chi connectivity index (χ1n) is 5.21. The Balaban J connectivity index is 2.32. The van der Waals surface area contributed by atoms with Crippen molar-refractivity contribution in [1.82, 2.24) is 9.55 Å². The fourth-order valence-corrected chi connectivity index (χ4v) is 1.72. The molecule has 0 bridgehead atoms. The molecule has 14 heavy (non-hydrogen) atoms. The Kier molecular flexibility index (Phi) is 2.53. The molecule has 2 aromatic rings. The number of nitrogens with zero attached hydrogens (tertiary/aromatic N) is 2. The number of imidazole rings is 1. The van der Waals surface area contributed by atoms with E-state index in [1.165, 1.54) is 30.3 Å². The molecule has 2 heteroatoms. The van der Waals surface area contributed by atoms with E-state index in [0.717, 1.165) is 5.52 Å². The minimum atomic E-state index is 1.11. The number of rotatable bonds is 3. The van der Waals surface area contributed by atoms with Gasteiger partial charge in [0.05, 0.1) is 17.4 Å². The quantitative estimate of drug-likeness (QED) is 0.724. The van der Waals surface area contributed by atoms with Gasteiger partial charge in [-0.2, -0.15) is 0 Å². The third-order valence-corrected chi connectivity index (χ3v) is 2.61. The molecule has 1 aromatic heterocycles. The van der Waals surface area contributed by atoms with Crippen LogP contribution >= 0.6 is 0 Å². The number of hydrogen-bond acceptors (Lipinski definition) is 1. The van der Waals surface area contributed by atoms with E-state index in [1.807, 2.05) is 13.4 Å². The van der Waals surface area contributed by atoms with Gasteiger partial charge in [-0.1, -0.05) is 19.4 Å². The van der Waals surface area contributed by atoms with Crippen LogP contribution < -0.4 is 0 Å². The van der Waals surface area contributed by atoms with Crippen LogP contribution in [0.3, 0.4) is 0 Å². The summed E-state index contributed by atoms with van der Waals surface area (Å²) in [5, 5.41) is 0. The van der Waals surface area contributed by atoms with Crippen molar-refractivity contribution in [1.29, 1.82) is 0 Å². The van der Waals surface area contributed by atoms with E-state index in [9.17, 15) is 0 Å². The van der Waals surface area contributed by atoms with Gasteiger partial charge >= 0.3 is 0 Å². The topological polar surface area (TPSA) is 17.8 Å². The normalized spacial score (nSPS) is 11.0. The van der Waals surface area contributed by atoms with Crippen LogP contribution in [0.4, 0.5) is 0 Å². The molecule has 1 heterocycles. The summed E-state index contributed by atoms with van der Waals surface area (Å²) in [6, 6.07) is 6.57. The summed E-state index contributed by atoms with van der Waals surface area (Å²) in [6.45, 7) is 2.22. The Morgan fingerprint density at radius 1 is 1.36 bits per heavy atom. The number of aryl methyl sites for hydroxylation is 2. The van der Waals surface area contributed by atoms with Crippen LogP contribution in [0.25, 0.3) is 11.0 Å². The van der Waals surface area contributed by atoms with Crippen molar-refractivity contribution in [3.8, 4) is 0 Å². The van der Waals surface area contributed by atoms with Gasteiger partial charge in [0.25, 0.3) is 0 Å². The fraction of sp³-hybridized carbons (Fsp3) is 0.417. The van der Waals surface area contributed by atoms with Gasteiger partial charge in [0.1, 0.15) is 0 Å². The number of unbranched alkanes of at least 4 members (excludes halogenated alkanes) is 1. The second-order valence-corrected chi connectivity index (χ2v) is 3.78. The zero-order chi connectivity index (χ0) is 9.97. The van der Waals surface area contributed by atoms with E-state index < -0.39 is 0 Å². The first-order chi connectivity index (χ1) is 6.81. The van der Waals surface area contributed by atoms with Crippen molar-refractivity contribution in [2.24, 2.45) is 7.05 Å². The Labute approximate surface area is 84.6 Å². The Hall–Kier alpha value is -1.31. The number of benzene rings is 1. The monoisotopic (exact) mass is 188 g/mol. The maximum atomic E-state index is 4.35. The molecule has 0 atom stereocenters. The lowest BCUT2D eigenvalue weighted by atomic mass is 10.1. The summed E-state index contributed by atoms with van der Waals surface area (Å²) >= 11 is 0. The van der Waals surface area contributed by atoms with Crippen molar-refractivity contribution in [3.63, 3.8) is 0 Å². The molecule has 0 saturated heterocycles. The maximum Gasteiger partial charge on any atom is 0.0955 e. The minimum Gasteiger partial charge on any atom is -0.334 e. The van der Waals surface area contributed by atoms with Crippen LogP contribution in [-0.4, -0.2) is 9.55 Å². The molecule has 0 amide bonds. The van der Waals surface area contributed by atoms with Gasteiger partial charge in [0, 0.05) is 7.05 Å². The summed E-state index contributed by atoms with van der Waals surface area (Å²) in [6.07, 6.45) is 5.55. The molecule has 0 unspecified atom stereocenters. The van der Waals surface area contributed by atoms with E-state index in [1.54, 1.807) is 0 Å². The molecule has 1 aromatic carbocycles. The van der Waals surface area contributed by atoms with Crippen LogP contribution in [0.1, 0.15) is 25.3 Å². The average Bonchev–Trinajstić information content (AvgIpc) is 2.57. The van der Waals surface area contributed by atoms with Gasteiger partial charge in [-0.05, 0) is 30.5 Å². The highest BCUT2D eigenvalue weighted by atomic mass is 15.0. The van der Waals surface area contributed by atoms with E-state index in [4.69, 9.17) is 0 Å². The molecule has 0 aliphatic carbocycles. The van der Waals surface area contributed by atoms with Crippen LogP contribution in [-0.2, 0) is 13.5 Å². The third kappa shape index (κ3) is 1.65. The Bertz CT molecular complexity index is 429. The Morgan fingerprint density at radius 3 is 3.00 bits per heavy atom. The molecule has 0 spiro atoms. The summed E-state index contributed by atoms with van der Waals surface area (Å²) in [5.74, 6) is 0. The molecule has 2 rings (SSSR count). The molecule has 0 N–H and O–H groups in total. The van der Waals surface area contributed by atoms with Crippen LogP contribution in [0, 0.1) is 0 Å². The van der Waals surface area contributed by atoms with Crippen molar-refractivity contribution in [2.75, 3.05) is 0 Å². The van der Waals surface area contributed by atoms with Crippen LogP contribution in [0.15, 0.2) is 24.5 Å². The lowest BCUT2D eigenvalue weighted by Crippen LogP contribution is -1.86. The summed E-state index contributed by atoms with van der Waals surface area (Å²) in [5.41, 5.74) is 3.73. The first kappa shape index (κ1) is 9.25. The van der Waals surface area contributed by atoms with Gasteiger partial charge in [0.15, 0.2) is 0 Å². The maximum absolute atomic E-state index is 4.35. The molecule has 0 aliphatic heterocycles. The highest BCUT2D eigenvalue weighted by Crippen LogP contribution is 2.15. The fourth-order valence-electron chi connectivity index (χ4n) is 1.72. The zero-order valence-electron chi connectivity index (χ0n) is 8.83. The second-order valence-electron chi connectivity index (χ2n) is 3.78. The summed E-state index contributed by atoms with van der Waals surface area (Å²) < 4.78 is 2.05. The van der Waals surface area contributed by atoms with Gasteiger partial charge in [0.2, 0.25) is 0 Å². The molecule has 0 saturated carbocycles. The molecular weight excluding hydrogens is 172 g/mol. The third-order valence-electron chi connectivity index (χ3n) is 2.61. The van der Waals surface area contributed by atoms with Gasteiger partial charge in [-0.3, -0.25) is 0 Å². The molecular formula is C12H16N2. The zero-order valence-corrected chi connectivity index (χ0v) is 8.83. The van der Waals surface area contributed by atoms with E-state index >= 15 is 0 Å². The Morgan fingerprint density at radius 2 is 2.21 bits per heavy atom. The highest BCUT2D eigenvalue weighted by molar-refractivity contribution is 5.75. The van der Waals surface area contributed by atoms with E-state index in [0.29, 0.717) is 0 Å². The second kappa shape index (κ2) is 3.82. The smallest absolute Gasteiger partial charge is 0.0955 e. The van der Waals surface area contributed by atoms with Crippen molar-refractivity contribution in [2.45, 2.75) is 26.2 Å². The lowest BCUT2D eigenvalue weighted by molar-refractivity contribution is 0.795. The van der Waals surface area contributed by atoms with Crippen LogP contribution in [0.5, 0.6) is 0 Å². The molecule has 2 nitrogen and oxygen atoms in total. The predicted molar refractivity (Wildman–Crippen MR) is 59.3 cm³/mol. The van der Waals surface area contributed by atoms with Gasteiger partial charge in [-0.25, -0.2) is 4.98 Å². The highest BCUT2D eigenvalue weighted by Gasteiger charge is 2.00. The summed E-state index contributed by atoms with van der Waals surface area (Å²) in [7, 11) is 2.03. The van der Waals surface area contributed by atoms with Crippen molar-refractivity contribution >= 4 is 11.0 Å². The number of fused-ring (bicyclic) bond motifs is 1. The SMILES string of the molecule is CCCCc1ccc2c(c1)ncn2C.